The van der Waals surface area contributed by atoms with Crippen LogP contribution in [0.2, 0.25) is 0 Å². The number of para-hydroxylation sites is 2. The molecule has 0 spiro atoms. The summed E-state index contributed by atoms with van der Waals surface area (Å²) < 4.78 is 2.36. The molecule has 1 amide bonds. The second-order valence-electron chi connectivity index (χ2n) is 10.4. The summed E-state index contributed by atoms with van der Waals surface area (Å²) in [7, 11) is 0. The quantitative estimate of drug-likeness (QED) is 0.274. The van der Waals surface area contributed by atoms with Crippen molar-refractivity contribution in [2.24, 2.45) is 0 Å². The number of hydrogen-bond acceptors (Lipinski definition) is 2. The number of amides is 1. The van der Waals surface area contributed by atoms with Gasteiger partial charge in [0.1, 0.15) is 5.82 Å². The third-order valence-corrected chi connectivity index (χ3v) is 6.65. The molecule has 35 heavy (non-hydrogen) atoms. The molecule has 0 fully saturated rings. The molecule has 1 heterocycles. The largest absolute Gasteiger partial charge is 0.352 e. The normalized spacial score (nSPS) is 11.7. The molecule has 1 N–H and O–H groups in total. The van der Waals surface area contributed by atoms with Gasteiger partial charge >= 0.3 is 0 Å². The summed E-state index contributed by atoms with van der Waals surface area (Å²) in [6.07, 6.45) is 4.00. The molecule has 4 aromatic rings. The number of nitrogens with zero attached hydrogens (tertiary/aromatic N) is 2. The van der Waals surface area contributed by atoms with Crippen LogP contribution < -0.4 is 5.32 Å². The molecule has 4 rings (SSSR count). The molecule has 0 aliphatic heterocycles. The van der Waals surface area contributed by atoms with Crippen LogP contribution in [0.1, 0.15) is 72.9 Å². The smallest absolute Gasteiger partial charge is 0.251 e. The van der Waals surface area contributed by atoms with E-state index >= 15 is 0 Å². The Morgan fingerprint density at radius 2 is 1.60 bits per heavy atom. The minimum atomic E-state index is 0.0161. The highest BCUT2D eigenvalue weighted by molar-refractivity contribution is 5.95. The minimum absolute atomic E-state index is 0.0161. The van der Waals surface area contributed by atoms with Gasteiger partial charge < -0.3 is 9.88 Å². The van der Waals surface area contributed by atoms with Gasteiger partial charge in [-0.25, -0.2) is 4.98 Å². The first kappa shape index (κ1) is 24.7. The Morgan fingerprint density at radius 3 is 2.34 bits per heavy atom. The van der Waals surface area contributed by atoms with E-state index in [-0.39, 0.29) is 11.3 Å². The third kappa shape index (κ3) is 6.19. The van der Waals surface area contributed by atoms with Crippen molar-refractivity contribution in [3.63, 3.8) is 0 Å². The molecule has 4 nitrogen and oxygen atoms in total. The Hall–Kier alpha value is -3.40. The molecule has 182 valence electrons. The van der Waals surface area contributed by atoms with Crippen molar-refractivity contribution in [2.75, 3.05) is 6.54 Å². The number of aromatic nitrogens is 2. The van der Waals surface area contributed by atoms with E-state index in [0.717, 1.165) is 54.7 Å². The SMILES string of the molecule is Cc1ccccc1C(=O)NCCCCCc1nc2ccccc2n1Cc1ccc(C(C)(C)C)cc1. The first-order valence-corrected chi connectivity index (χ1v) is 12.7. The molecular formula is C31H37N3O. The predicted octanol–water partition coefficient (Wildman–Crippen LogP) is 6.83. The third-order valence-electron chi connectivity index (χ3n) is 6.65. The molecule has 1 aromatic heterocycles. The molecule has 0 aliphatic rings. The highest BCUT2D eigenvalue weighted by atomic mass is 16.1. The fourth-order valence-electron chi connectivity index (χ4n) is 4.50. The van der Waals surface area contributed by atoms with Gasteiger partial charge in [-0.3, -0.25) is 4.79 Å². The van der Waals surface area contributed by atoms with Crippen molar-refractivity contribution >= 4 is 16.9 Å². The lowest BCUT2D eigenvalue weighted by atomic mass is 9.87. The highest BCUT2D eigenvalue weighted by Gasteiger charge is 2.14. The van der Waals surface area contributed by atoms with Gasteiger partial charge in [-0.15, -0.1) is 0 Å². The lowest BCUT2D eigenvalue weighted by Gasteiger charge is -2.19. The zero-order chi connectivity index (χ0) is 24.8. The van der Waals surface area contributed by atoms with Gasteiger partial charge in [-0.1, -0.05) is 81.8 Å². The number of imidazole rings is 1. The zero-order valence-electron chi connectivity index (χ0n) is 21.5. The lowest BCUT2D eigenvalue weighted by molar-refractivity contribution is 0.0952. The zero-order valence-corrected chi connectivity index (χ0v) is 21.5. The van der Waals surface area contributed by atoms with Crippen LogP contribution in [0, 0.1) is 6.92 Å². The summed E-state index contributed by atoms with van der Waals surface area (Å²) in [4.78, 5) is 17.3. The van der Waals surface area contributed by atoms with Crippen LogP contribution in [0.4, 0.5) is 0 Å². The summed E-state index contributed by atoms with van der Waals surface area (Å²) in [5.41, 5.74) is 6.82. The van der Waals surface area contributed by atoms with E-state index in [1.807, 2.05) is 31.2 Å². The number of carbonyl (C=O) groups is 1. The van der Waals surface area contributed by atoms with E-state index in [2.05, 4.69) is 79.2 Å². The van der Waals surface area contributed by atoms with Gasteiger partial charge in [-0.05, 0) is 60.1 Å². The van der Waals surface area contributed by atoms with Crippen LogP contribution in [-0.2, 0) is 18.4 Å². The van der Waals surface area contributed by atoms with Crippen LogP contribution in [0.5, 0.6) is 0 Å². The molecule has 4 heteroatoms. The van der Waals surface area contributed by atoms with Crippen LogP contribution >= 0.6 is 0 Å². The van der Waals surface area contributed by atoms with Crippen molar-refractivity contribution < 1.29 is 4.79 Å². The van der Waals surface area contributed by atoms with Crippen LogP contribution in [0.15, 0.2) is 72.8 Å². The number of rotatable bonds is 9. The topological polar surface area (TPSA) is 46.9 Å². The molecular weight excluding hydrogens is 430 g/mol. The predicted molar refractivity (Wildman–Crippen MR) is 145 cm³/mol. The van der Waals surface area contributed by atoms with E-state index in [1.165, 1.54) is 16.6 Å². The van der Waals surface area contributed by atoms with Gasteiger partial charge in [0.15, 0.2) is 0 Å². The summed E-state index contributed by atoms with van der Waals surface area (Å²) in [6.45, 7) is 10.2. The minimum Gasteiger partial charge on any atom is -0.352 e. The molecule has 3 aromatic carbocycles. The van der Waals surface area contributed by atoms with Gasteiger partial charge in [0, 0.05) is 25.1 Å². The Morgan fingerprint density at radius 1 is 0.886 bits per heavy atom. The molecule has 0 saturated carbocycles. The highest BCUT2D eigenvalue weighted by Crippen LogP contribution is 2.24. The van der Waals surface area contributed by atoms with Crippen LogP contribution in [0.25, 0.3) is 11.0 Å². The molecule has 0 radical (unpaired) electrons. The van der Waals surface area contributed by atoms with Crippen molar-refractivity contribution in [2.45, 2.75) is 65.3 Å². The summed E-state index contributed by atoms with van der Waals surface area (Å²) in [6, 6.07) is 25.1. The maximum Gasteiger partial charge on any atom is 0.251 e. The van der Waals surface area contributed by atoms with E-state index < -0.39 is 0 Å². The second-order valence-corrected chi connectivity index (χ2v) is 10.4. The van der Waals surface area contributed by atoms with Crippen LogP contribution in [0.3, 0.4) is 0 Å². The molecule has 0 bridgehead atoms. The van der Waals surface area contributed by atoms with Crippen molar-refractivity contribution in [1.29, 1.82) is 0 Å². The average molecular weight is 468 g/mol. The van der Waals surface area contributed by atoms with Gasteiger partial charge in [0.25, 0.3) is 5.91 Å². The molecule has 0 aliphatic carbocycles. The van der Waals surface area contributed by atoms with E-state index in [0.29, 0.717) is 6.54 Å². The fraction of sp³-hybridized carbons (Fsp3) is 0.355. The fourth-order valence-corrected chi connectivity index (χ4v) is 4.50. The van der Waals surface area contributed by atoms with Crippen molar-refractivity contribution in [3.05, 3.63) is 101 Å². The summed E-state index contributed by atoms with van der Waals surface area (Å²) in [5, 5.41) is 3.06. The maximum absolute atomic E-state index is 12.4. The standard InChI is InChI=1S/C31H37N3O/c1-23-12-7-8-13-26(23)30(35)32-21-11-5-6-16-29-33-27-14-9-10-15-28(27)34(29)22-24-17-19-25(20-18-24)31(2,3)4/h7-10,12-15,17-20H,5-6,11,16,21-22H2,1-4H3,(H,32,35). The number of nitrogens with one attached hydrogen (secondary N) is 1. The first-order valence-electron chi connectivity index (χ1n) is 12.7. The number of unbranched alkanes of at least 4 members (excludes halogenated alkanes) is 2. The molecule has 0 atom stereocenters. The van der Waals surface area contributed by atoms with Crippen molar-refractivity contribution in [1.82, 2.24) is 14.9 Å². The first-order chi connectivity index (χ1) is 16.8. The molecule has 0 saturated heterocycles. The van der Waals surface area contributed by atoms with Gasteiger partial charge in [0.2, 0.25) is 0 Å². The number of carbonyl (C=O) groups excluding carboxylic acids is 1. The summed E-state index contributed by atoms with van der Waals surface area (Å²) in [5.74, 6) is 1.15. The summed E-state index contributed by atoms with van der Waals surface area (Å²) >= 11 is 0. The molecule has 0 unspecified atom stereocenters. The maximum atomic E-state index is 12.4. The monoisotopic (exact) mass is 467 g/mol. The van der Waals surface area contributed by atoms with E-state index in [1.54, 1.807) is 0 Å². The number of benzene rings is 3. The van der Waals surface area contributed by atoms with Crippen LogP contribution in [-0.4, -0.2) is 22.0 Å². The average Bonchev–Trinajstić information content (AvgIpc) is 3.18. The Balaban J connectivity index is 1.35. The number of fused-ring (bicyclic) bond motifs is 1. The second kappa shape index (κ2) is 10.9. The number of aryl methyl sites for hydroxylation is 2. The Bertz CT molecular complexity index is 1280. The Labute approximate surface area is 209 Å². The van der Waals surface area contributed by atoms with Gasteiger partial charge in [0.05, 0.1) is 11.0 Å². The Kier molecular flexibility index (Phi) is 7.70. The van der Waals surface area contributed by atoms with Gasteiger partial charge in [-0.2, -0.15) is 0 Å². The number of hydrogen-bond donors (Lipinski definition) is 1. The lowest BCUT2D eigenvalue weighted by Crippen LogP contribution is -2.25. The van der Waals surface area contributed by atoms with E-state index in [9.17, 15) is 4.79 Å². The van der Waals surface area contributed by atoms with Crippen molar-refractivity contribution in [3.8, 4) is 0 Å². The van der Waals surface area contributed by atoms with E-state index in [4.69, 9.17) is 4.98 Å².